The van der Waals surface area contributed by atoms with Crippen LogP contribution in [0.3, 0.4) is 0 Å². The number of hydrogen-bond donors (Lipinski definition) is 3. The highest BCUT2D eigenvalue weighted by Crippen LogP contribution is 2.17. The number of carbonyl (C=O) groups is 1. The van der Waals surface area contributed by atoms with Gasteiger partial charge in [0.2, 0.25) is 5.91 Å². The number of hydrogen-bond acceptors (Lipinski definition) is 3. The van der Waals surface area contributed by atoms with Crippen LogP contribution in [0, 0.1) is 12.3 Å². The van der Waals surface area contributed by atoms with Gasteiger partial charge in [0, 0.05) is 13.6 Å². The van der Waals surface area contributed by atoms with Gasteiger partial charge in [-0.3, -0.25) is 9.79 Å². The molecule has 6 nitrogen and oxygen atoms in total. The van der Waals surface area contributed by atoms with Gasteiger partial charge >= 0.3 is 0 Å². The normalized spacial score (nSPS) is 12.6. The van der Waals surface area contributed by atoms with E-state index in [1.165, 1.54) is 0 Å². The van der Waals surface area contributed by atoms with Crippen molar-refractivity contribution in [2.75, 3.05) is 26.7 Å². The molecular formula is C19H33IN4O2. The zero-order valence-electron chi connectivity index (χ0n) is 16.7. The predicted octanol–water partition coefficient (Wildman–Crippen LogP) is 2.71. The number of rotatable bonds is 8. The van der Waals surface area contributed by atoms with Crippen LogP contribution >= 0.6 is 24.0 Å². The zero-order valence-corrected chi connectivity index (χ0v) is 19.0. The number of halogens is 1. The Morgan fingerprint density at radius 2 is 1.92 bits per heavy atom. The first-order valence-electron chi connectivity index (χ1n) is 8.76. The molecule has 3 N–H and O–H groups in total. The summed E-state index contributed by atoms with van der Waals surface area (Å²) in [6.07, 6.45) is -0.0168. The third-order valence-electron chi connectivity index (χ3n) is 3.80. The molecule has 148 valence electrons. The first-order valence-corrected chi connectivity index (χ1v) is 8.76. The third kappa shape index (κ3) is 8.25. The average molecular weight is 476 g/mol. The smallest absolute Gasteiger partial charge is 0.227 e. The summed E-state index contributed by atoms with van der Waals surface area (Å²) in [5.41, 5.74) is 0.558. The molecular weight excluding hydrogens is 443 g/mol. The van der Waals surface area contributed by atoms with E-state index in [4.69, 9.17) is 4.74 Å². The third-order valence-corrected chi connectivity index (χ3v) is 3.80. The molecule has 1 rings (SSSR count). The number of nitrogens with zero attached hydrogens (tertiary/aromatic N) is 1. The maximum absolute atomic E-state index is 11.9. The lowest BCUT2D eigenvalue weighted by molar-refractivity contribution is -0.128. The van der Waals surface area contributed by atoms with Crippen LogP contribution in [-0.2, 0) is 4.79 Å². The van der Waals surface area contributed by atoms with Crippen LogP contribution in [0.15, 0.2) is 29.3 Å². The molecule has 0 aliphatic rings. The van der Waals surface area contributed by atoms with E-state index in [2.05, 4.69) is 20.9 Å². The van der Waals surface area contributed by atoms with Crippen molar-refractivity contribution < 1.29 is 9.53 Å². The van der Waals surface area contributed by atoms with Crippen molar-refractivity contribution in [1.82, 2.24) is 16.0 Å². The van der Waals surface area contributed by atoms with Crippen LogP contribution in [0.4, 0.5) is 0 Å². The average Bonchev–Trinajstić information content (AvgIpc) is 2.58. The number of aliphatic imine (C=N–C) groups is 1. The van der Waals surface area contributed by atoms with E-state index in [1.54, 1.807) is 7.05 Å². The van der Waals surface area contributed by atoms with Gasteiger partial charge in [0.15, 0.2) is 5.96 Å². The number of amides is 1. The molecule has 0 aliphatic carbocycles. The lowest BCUT2D eigenvalue weighted by Gasteiger charge is -2.22. The maximum Gasteiger partial charge on any atom is 0.227 e. The van der Waals surface area contributed by atoms with Gasteiger partial charge in [-0.1, -0.05) is 18.2 Å². The van der Waals surface area contributed by atoms with E-state index < -0.39 is 5.41 Å². The molecule has 0 bridgehead atoms. The number of carbonyl (C=O) groups excluding carboxylic acids is 1. The second-order valence-corrected chi connectivity index (χ2v) is 6.73. The second kappa shape index (κ2) is 12.0. The molecule has 1 amide bonds. The Hall–Kier alpha value is -1.51. The highest BCUT2D eigenvalue weighted by molar-refractivity contribution is 14.0. The van der Waals surface area contributed by atoms with E-state index >= 15 is 0 Å². The molecule has 1 aromatic carbocycles. The van der Waals surface area contributed by atoms with Crippen molar-refractivity contribution in [3.8, 4) is 5.75 Å². The number of nitrogens with one attached hydrogen (secondary N) is 3. The molecule has 0 fully saturated rings. The molecule has 0 heterocycles. The molecule has 1 atom stereocenters. The Morgan fingerprint density at radius 3 is 2.50 bits per heavy atom. The Bertz CT molecular complexity index is 591. The van der Waals surface area contributed by atoms with Gasteiger partial charge in [0.25, 0.3) is 0 Å². The van der Waals surface area contributed by atoms with E-state index in [-0.39, 0.29) is 36.0 Å². The van der Waals surface area contributed by atoms with E-state index in [0.29, 0.717) is 19.0 Å². The summed E-state index contributed by atoms with van der Waals surface area (Å²) >= 11 is 0. The molecule has 7 heteroatoms. The van der Waals surface area contributed by atoms with Gasteiger partial charge in [0.05, 0.1) is 18.5 Å². The fourth-order valence-corrected chi connectivity index (χ4v) is 2.22. The number of guanidine groups is 1. The Balaban J connectivity index is 0.00000625. The summed E-state index contributed by atoms with van der Waals surface area (Å²) in [5.74, 6) is 1.54. The van der Waals surface area contributed by atoms with E-state index in [9.17, 15) is 4.79 Å². The van der Waals surface area contributed by atoms with Gasteiger partial charge < -0.3 is 20.7 Å². The molecule has 0 spiro atoms. The summed E-state index contributed by atoms with van der Waals surface area (Å²) in [5, 5.41) is 9.14. The van der Waals surface area contributed by atoms with Gasteiger partial charge in [-0.05, 0) is 46.2 Å². The summed E-state index contributed by atoms with van der Waals surface area (Å²) in [4.78, 5) is 16.4. The maximum atomic E-state index is 11.9. The first-order chi connectivity index (χ1) is 11.8. The predicted molar refractivity (Wildman–Crippen MR) is 119 cm³/mol. The molecule has 1 unspecified atom stereocenters. The SMILES string of the molecule is CCNC(=NCC(C)(C)C(=O)NC)NCC(C)Oc1ccccc1C.I. The second-order valence-electron chi connectivity index (χ2n) is 6.73. The van der Waals surface area contributed by atoms with Gasteiger partial charge in [-0.2, -0.15) is 0 Å². The van der Waals surface area contributed by atoms with Crippen LogP contribution in [0.5, 0.6) is 5.75 Å². The Labute approximate surface area is 174 Å². The number of aryl methyl sites for hydroxylation is 1. The quantitative estimate of drug-likeness (QED) is 0.307. The highest BCUT2D eigenvalue weighted by Gasteiger charge is 2.26. The van der Waals surface area contributed by atoms with Crippen molar-refractivity contribution in [3.63, 3.8) is 0 Å². The summed E-state index contributed by atoms with van der Waals surface area (Å²) in [6.45, 7) is 11.6. The van der Waals surface area contributed by atoms with Crippen LogP contribution in [0.2, 0.25) is 0 Å². The first kappa shape index (κ1) is 24.5. The minimum atomic E-state index is -0.555. The van der Waals surface area contributed by atoms with E-state index in [1.807, 2.05) is 58.9 Å². The molecule has 26 heavy (non-hydrogen) atoms. The van der Waals surface area contributed by atoms with Crippen LogP contribution in [-0.4, -0.2) is 44.7 Å². The van der Waals surface area contributed by atoms with Crippen molar-refractivity contribution >= 4 is 35.8 Å². The van der Waals surface area contributed by atoms with Gasteiger partial charge in [0.1, 0.15) is 11.9 Å². The van der Waals surface area contributed by atoms with Gasteiger partial charge in [-0.25, -0.2) is 0 Å². The van der Waals surface area contributed by atoms with Crippen LogP contribution in [0.25, 0.3) is 0 Å². The zero-order chi connectivity index (χ0) is 18.9. The van der Waals surface area contributed by atoms with Crippen molar-refractivity contribution in [1.29, 1.82) is 0 Å². The Morgan fingerprint density at radius 1 is 1.27 bits per heavy atom. The minimum absolute atomic E-state index is 0. The highest BCUT2D eigenvalue weighted by atomic mass is 127. The van der Waals surface area contributed by atoms with Crippen molar-refractivity contribution in [3.05, 3.63) is 29.8 Å². The number of benzene rings is 1. The molecule has 0 radical (unpaired) electrons. The molecule has 0 aromatic heterocycles. The summed E-state index contributed by atoms with van der Waals surface area (Å²) < 4.78 is 5.97. The van der Waals surface area contributed by atoms with E-state index in [0.717, 1.165) is 17.9 Å². The molecule has 0 saturated heterocycles. The summed E-state index contributed by atoms with van der Waals surface area (Å²) in [7, 11) is 1.64. The lowest BCUT2D eigenvalue weighted by Crippen LogP contribution is -2.43. The summed E-state index contributed by atoms with van der Waals surface area (Å²) in [6, 6.07) is 7.96. The molecule has 0 aliphatic heterocycles. The standard InChI is InChI=1S/C19H32N4O2.HI/c1-7-21-18(23-13-19(4,5)17(24)20-6)22-12-15(3)25-16-11-9-8-10-14(16)2;/h8-11,15H,7,12-13H2,1-6H3,(H,20,24)(H2,21,22,23);1H. The van der Waals surface area contributed by atoms with Crippen LogP contribution < -0.4 is 20.7 Å². The lowest BCUT2D eigenvalue weighted by atomic mass is 9.93. The largest absolute Gasteiger partial charge is 0.489 e. The van der Waals surface area contributed by atoms with Crippen molar-refractivity contribution in [2.45, 2.75) is 40.7 Å². The fourth-order valence-electron chi connectivity index (χ4n) is 2.22. The monoisotopic (exact) mass is 476 g/mol. The topological polar surface area (TPSA) is 74.8 Å². The molecule has 1 aromatic rings. The minimum Gasteiger partial charge on any atom is -0.489 e. The van der Waals surface area contributed by atoms with Crippen molar-refractivity contribution in [2.24, 2.45) is 10.4 Å². The van der Waals surface area contributed by atoms with Gasteiger partial charge in [-0.15, -0.1) is 24.0 Å². The number of ether oxygens (including phenoxy) is 1. The Kier molecular flexibility index (Phi) is 11.3. The number of para-hydroxylation sites is 1. The molecule has 0 saturated carbocycles. The fraction of sp³-hybridized carbons (Fsp3) is 0.579. The van der Waals surface area contributed by atoms with Crippen LogP contribution in [0.1, 0.15) is 33.3 Å².